The maximum Gasteiger partial charge on any atom is 0.113 e. The summed E-state index contributed by atoms with van der Waals surface area (Å²) < 4.78 is 6.10. The minimum Gasteiger partial charge on any atom is -0.390 e. The molecule has 0 bridgehead atoms. The van der Waals surface area contributed by atoms with Crippen LogP contribution in [0.25, 0.3) is 0 Å². The van der Waals surface area contributed by atoms with E-state index in [0.29, 0.717) is 11.8 Å². The SMILES string of the molecule is C=C/C(C)=C/C[C@@H]1[C@@]2(C)CCCC(C)(C)[C@@H]2[C@H](O)[C@@H]2O[C@]12C. The molecule has 3 rings (SSSR count). The highest BCUT2D eigenvalue weighted by molar-refractivity contribution is 5.23. The summed E-state index contributed by atoms with van der Waals surface area (Å²) in [6.07, 6.45) is 8.65. The Balaban J connectivity index is 1.99. The van der Waals surface area contributed by atoms with Gasteiger partial charge in [-0.15, -0.1) is 0 Å². The van der Waals surface area contributed by atoms with E-state index in [4.69, 9.17) is 4.74 Å². The molecule has 124 valence electrons. The standard InChI is InChI=1S/C20H32O2/c1-7-13(2)9-10-14-19(5)12-8-11-18(3,4)16(19)15(21)17-20(14,6)22-17/h7,9,14-17,21H,1,8,10-12H2,2-6H3/b13-9+/t14-,15+,16+,17+,19-,20-/m1/s1. The van der Waals surface area contributed by atoms with Gasteiger partial charge in [0.1, 0.15) is 6.10 Å². The highest BCUT2D eigenvalue weighted by atomic mass is 16.6. The van der Waals surface area contributed by atoms with Crippen LogP contribution in [-0.2, 0) is 4.74 Å². The van der Waals surface area contributed by atoms with Gasteiger partial charge in [-0.2, -0.15) is 0 Å². The van der Waals surface area contributed by atoms with Crippen LogP contribution in [0, 0.1) is 22.7 Å². The molecule has 0 radical (unpaired) electrons. The monoisotopic (exact) mass is 304 g/mol. The van der Waals surface area contributed by atoms with E-state index in [1.54, 1.807) is 0 Å². The van der Waals surface area contributed by atoms with Crippen LogP contribution < -0.4 is 0 Å². The third-order valence-electron chi connectivity index (χ3n) is 7.11. The summed E-state index contributed by atoms with van der Waals surface area (Å²) in [5.74, 6) is 0.810. The summed E-state index contributed by atoms with van der Waals surface area (Å²) in [4.78, 5) is 0. The van der Waals surface area contributed by atoms with Gasteiger partial charge in [0.05, 0.1) is 11.7 Å². The zero-order valence-electron chi connectivity index (χ0n) is 14.9. The predicted octanol–water partition coefficient (Wildman–Crippen LogP) is 4.49. The molecule has 2 saturated carbocycles. The first-order valence-electron chi connectivity index (χ1n) is 8.82. The van der Waals surface area contributed by atoms with Crippen molar-refractivity contribution in [3.63, 3.8) is 0 Å². The first-order valence-corrected chi connectivity index (χ1v) is 8.82. The summed E-state index contributed by atoms with van der Waals surface area (Å²) >= 11 is 0. The molecule has 2 heteroatoms. The largest absolute Gasteiger partial charge is 0.390 e. The van der Waals surface area contributed by atoms with Crippen molar-refractivity contribution in [2.45, 2.75) is 78.1 Å². The van der Waals surface area contributed by atoms with E-state index in [9.17, 15) is 5.11 Å². The Labute approximate surface area is 135 Å². The lowest BCUT2D eigenvalue weighted by Gasteiger charge is -2.59. The molecule has 22 heavy (non-hydrogen) atoms. The molecule has 0 unspecified atom stereocenters. The van der Waals surface area contributed by atoms with E-state index in [-0.39, 0.29) is 28.6 Å². The molecule has 0 aromatic rings. The molecule has 2 aliphatic carbocycles. The number of aliphatic hydroxyl groups excluding tert-OH is 1. The van der Waals surface area contributed by atoms with Crippen molar-refractivity contribution in [3.8, 4) is 0 Å². The zero-order chi connectivity index (χ0) is 16.3. The van der Waals surface area contributed by atoms with Gasteiger partial charge in [0.15, 0.2) is 0 Å². The van der Waals surface area contributed by atoms with Gasteiger partial charge in [0, 0.05) is 0 Å². The zero-order valence-corrected chi connectivity index (χ0v) is 14.9. The van der Waals surface area contributed by atoms with Crippen molar-refractivity contribution >= 4 is 0 Å². The van der Waals surface area contributed by atoms with Gasteiger partial charge in [-0.1, -0.05) is 51.5 Å². The molecule has 2 nitrogen and oxygen atoms in total. The average molecular weight is 304 g/mol. The van der Waals surface area contributed by atoms with Crippen LogP contribution in [-0.4, -0.2) is 22.9 Å². The van der Waals surface area contributed by atoms with Crippen molar-refractivity contribution in [2.24, 2.45) is 22.7 Å². The normalized spacial score (nSPS) is 50.0. The highest BCUT2D eigenvalue weighted by Crippen LogP contribution is 2.68. The van der Waals surface area contributed by atoms with Crippen LogP contribution in [0.2, 0.25) is 0 Å². The van der Waals surface area contributed by atoms with Crippen molar-refractivity contribution in [1.82, 2.24) is 0 Å². The molecule has 1 aliphatic heterocycles. The predicted molar refractivity (Wildman–Crippen MR) is 90.6 cm³/mol. The van der Waals surface area contributed by atoms with Gasteiger partial charge in [0.2, 0.25) is 0 Å². The van der Waals surface area contributed by atoms with Crippen LogP contribution in [0.4, 0.5) is 0 Å². The van der Waals surface area contributed by atoms with Gasteiger partial charge in [0.25, 0.3) is 0 Å². The number of ether oxygens (including phenoxy) is 1. The summed E-state index contributed by atoms with van der Waals surface area (Å²) in [5, 5.41) is 11.0. The van der Waals surface area contributed by atoms with E-state index in [1.807, 2.05) is 6.08 Å². The van der Waals surface area contributed by atoms with Gasteiger partial charge in [-0.25, -0.2) is 0 Å². The number of hydrogen-bond acceptors (Lipinski definition) is 2. The topological polar surface area (TPSA) is 32.8 Å². The molecule has 3 fully saturated rings. The molecule has 1 saturated heterocycles. The number of allylic oxidation sites excluding steroid dienone is 3. The van der Waals surface area contributed by atoms with Crippen molar-refractivity contribution in [1.29, 1.82) is 0 Å². The molecular formula is C20H32O2. The highest BCUT2D eigenvalue weighted by Gasteiger charge is 2.73. The molecule has 6 atom stereocenters. The Morgan fingerprint density at radius 2 is 1.95 bits per heavy atom. The first-order chi connectivity index (χ1) is 10.2. The second kappa shape index (κ2) is 4.95. The van der Waals surface area contributed by atoms with Crippen LogP contribution in [0.5, 0.6) is 0 Å². The van der Waals surface area contributed by atoms with Crippen LogP contribution in [0.15, 0.2) is 24.3 Å². The molecule has 1 heterocycles. The van der Waals surface area contributed by atoms with E-state index >= 15 is 0 Å². The van der Waals surface area contributed by atoms with Crippen LogP contribution in [0.1, 0.15) is 60.3 Å². The summed E-state index contributed by atoms with van der Waals surface area (Å²) in [6, 6.07) is 0. The minimum absolute atomic E-state index is 0.0328. The lowest BCUT2D eigenvalue weighted by atomic mass is 9.45. The fraction of sp³-hybridized carbons (Fsp3) is 0.800. The van der Waals surface area contributed by atoms with E-state index < -0.39 is 0 Å². The Kier molecular flexibility index (Phi) is 3.66. The lowest BCUT2D eigenvalue weighted by molar-refractivity contribution is -0.135. The third-order valence-corrected chi connectivity index (χ3v) is 7.11. The quantitative estimate of drug-likeness (QED) is 0.615. The Hall–Kier alpha value is -0.600. The Morgan fingerprint density at radius 1 is 1.27 bits per heavy atom. The Morgan fingerprint density at radius 3 is 2.59 bits per heavy atom. The smallest absolute Gasteiger partial charge is 0.113 e. The fourth-order valence-electron chi connectivity index (χ4n) is 6.02. The van der Waals surface area contributed by atoms with Gasteiger partial charge in [-0.05, 0) is 55.8 Å². The van der Waals surface area contributed by atoms with Gasteiger partial charge >= 0.3 is 0 Å². The van der Waals surface area contributed by atoms with Crippen LogP contribution in [0.3, 0.4) is 0 Å². The number of hydrogen-bond donors (Lipinski definition) is 1. The maximum atomic E-state index is 11.0. The third kappa shape index (κ3) is 2.14. The van der Waals surface area contributed by atoms with Gasteiger partial charge in [-0.3, -0.25) is 0 Å². The number of rotatable bonds is 3. The molecule has 0 amide bonds. The molecular weight excluding hydrogens is 272 g/mol. The number of fused-ring (bicyclic) bond motifs is 2. The van der Waals surface area contributed by atoms with Crippen molar-refractivity contribution in [3.05, 3.63) is 24.3 Å². The fourth-order valence-corrected chi connectivity index (χ4v) is 6.02. The second-order valence-corrected chi connectivity index (χ2v) is 8.98. The second-order valence-electron chi connectivity index (χ2n) is 8.98. The van der Waals surface area contributed by atoms with Gasteiger partial charge < -0.3 is 9.84 Å². The van der Waals surface area contributed by atoms with E-state index in [1.165, 1.54) is 24.8 Å². The van der Waals surface area contributed by atoms with E-state index in [2.05, 4.69) is 47.3 Å². The van der Waals surface area contributed by atoms with Crippen LogP contribution >= 0.6 is 0 Å². The first kappa shape index (κ1) is 16.3. The van der Waals surface area contributed by atoms with E-state index in [0.717, 1.165) is 6.42 Å². The van der Waals surface area contributed by atoms with Crippen molar-refractivity contribution in [2.75, 3.05) is 0 Å². The minimum atomic E-state index is -0.314. The maximum absolute atomic E-state index is 11.0. The lowest BCUT2D eigenvalue weighted by Crippen LogP contribution is -2.60. The number of epoxide rings is 1. The number of aliphatic hydroxyl groups is 1. The molecule has 0 spiro atoms. The van der Waals surface area contributed by atoms with Crippen molar-refractivity contribution < 1.29 is 9.84 Å². The molecule has 3 aliphatic rings. The Bertz CT molecular complexity index is 506. The summed E-state index contributed by atoms with van der Waals surface area (Å²) in [7, 11) is 0. The summed E-state index contributed by atoms with van der Waals surface area (Å²) in [5.41, 5.74) is 1.44. The molecule has 1 N–H and O–H groups in total. The molecule has 0 aromatic carbocycles. The average Bonchev–Trinajstić information content (AvgIpc) is 3.10. The summed E-state index contributed by atoms with van der Waals surface area (Å²) in [6.45, 7) is 15.3. The molecule has 0 aromatic heterocycles.